The van der Waals surface area contributed by atoms with E-state index >= 15 is 0 Å². The van der Waals surface area contributed by atoms with Crippen molar-refractivity contribution < 1.29 is 0 Å². The Labute approximate surface area is 171 Å². The Kier molecular flexibility index (Phi) is 7.80. The van der Waals surface area contributed by atoms with E-state index in [1.54, 1.807) is 0 Å². The smallest absolute Gasteiger partial charge is 0.0860 e. The average Bonchev–Trinajstić information content (AvgIpc) is 2.69. The van der Waals surface area contributed by atoms with Crippen molar-refractivity contribution in [3.05, 3.63) is 70.7 Å². The molecule has 0 aromatic heterocycles. The molecule has 0 N–H and O–H groups in total. The number of halogens is 1. The minimum absolute atomic E-state index is 0.260. The van der Waals surface area contributed by atoms with E-state index in [1.807, 2.05) is 12.1 Å². The zero-order valence-electron chi connectivity index (χ0n) is 15.5. The lowest BCUT2D eigenvalue weighted by Gasteiger charge is -2.37. The SMILES string of the molecule is CN(CCCC1(c2ccccc2)SCCCS1)CCc1ccc(Cl)cc1. The van der Waals surface area contributed by atoms with Crippen molar-refractivity contribution in [2.24, 2.45) is 0 Å². The molecule has 0 spiro atoms. The van der Waals surface area contributed by atoms with Crippen LogP contribution < -0.4 is 0 Å². The normalized spacial score (nSPS) is 16.7. The Hall–Kier alpha value is -0.610. The van der Waals surface area contributed by atoms with Gasteiger partial charge in [0.1, 0.15) is 0 Å². The maximum atomic E-state index is 5.97. The summed E-state index contributed by atoms with van der Waals surface area (Å²) in [5, 5.41) is 0.816. The van der Waals surface area contributed by atoms with Crippen LogP contribution in [0.15, 0.2) is 54.6 Å². The molecule has 0 bridgehead atoms. The second-order valence-corrected chi connectivity index (χ2v) is 10.4. The predicted molar refractivity (Wildman–Crippen MR) is 120 cm³/mol. The van der Waals surface area contributed by atoms with E-state index in [9.17, 15) is 0 Å². The summed E-state index contributed by atoms with van der Waals surface area (Å²) in [5.41, 5.74) is 2.86. The molecule has 0 saturated carbocycles. The number of likely N-dealkylation sites (N-methyl/N-ethyl adjacent to an activating group) is 1. The third-order valence-electron chi connectivity index (χ3n) is 4.91. The Balaban J connectivity index is 1.49. The Morgan fingerprint density at radius 3 is 2.35 bits per heavy atom. The standard InChI is InChI=1S/C22H28ClNS2/c1-24(16-13-19-9-11-21(23)12-10-19)15-5-14-22(25-17-6-18-26-22)20-7-3-2-4-8-20/h2-4,7-12H,5-6,13-18H2,1H3. The largest absolute Gasteiger partial charge is 0.306 e. The van der Waals surface area contributed by atoms with Gasteiger partial charge in [-0.25, -0.2) is 0 Å². The molecule has 140 valence electrons. The van der Waals surface area contributed by atoms with Crippen molar-refractivity contribution in [3.8, 4) is 0 Å². The zero-order valence-corrected chi connectivity index (χ0v) is 17.9. The van der Waals surface area contributed by atoms with Crippen LogP contribution in [-0.4, -0.2) is 36.5 Å². The molecule has 0 amide bonds. The summed E-state index contributed by atoms with van der Waals surface area (Å²) in [5.74, 6) is 2.57. The topological polar surface area (TPSA) is 3.24 Å². The van der Waals surface area contributed by atoms with Gasteiger partial charge < -0.3 is 4.90 Å². The zero-order chi connectivity index (χ0) is 18.2. The average molecular weight is 406 g/mol. The highest BCUT2D eigenvalue weighted by Crippen LogP contribution is 2.53. The minimum atomic E-state index is 0.260. The summed E-state index contributed by atoms with van der Waals surface area (Å²) in [7, 11) is 2.24. The van der Waals surface area contributed by atoms with Crippen LogP contribution in [0.1, 0.15) is 30.4 Å². The maximum absolute atomic E-state index is 5.97. The summed E-state index contributed by atoms with van der Waals surface area (Å²) in [6, 6.07) is 19.4. The third-order valence-corrected chi connectivity index (χ3v) is 8.67. The summed E-state index contributed by atoms with van der Waals surface area (Å²) < 4.78 is 0.260. The quantitative estimate of drug-likeness (QED) is 0.506. The molecule has 1 nitrogen and oxygen atoms in total. The molecule has 2 aromatic carbocycles. The Morgan fingerprint density at radius 2 is 1.65 bits per heavy atom. The molecule has 1 heterocycles. The second kappa shape index (κ2) is 10.1. The highest BCUT2D eigenvalue weighted by molar-refractivity contribution is 8.18. The third kappa shape index (κ3) is 5.69. The van der Waals surface area contributed by atoms with Gasteiger partial charge in [-0.3, -0.25) is 0 Å². The molecule has 2 aromatic rings. The number of thioether (sulfide) groups is 2. The first kappa shape index (κ1) is 20.1. The van der Waals surface area contributed by atoms with E-state index in [4.69, 9.17) is 11.6 Å². The van der Waals surface area contributed by atoms with Gasteiger partial charge in [0, 0.05) is 11.6 Å². The molecule has 0 atom stereocenters. The van der Waals surface area contributed by atoms with E-state index < -0.39 is 0 Å². The lowest BCUT2D eigenvalue weighted by atomic mass is 10.1. The summed E-state index contributed by atoms with van der Waals surface area (Å²) >= 11 is 10.3. The van der Waals surface area contributed by atoms with Crippen LogP contribution in [0.5, 0.6) is 0 Å². The van der Waals surface area contributed by atoms with E-state index in [-0.39, 0.29) is 4.08 Å². The van der Waals surface area contributed by atoms with Gasteiger partial charge in [-0.05, 0) is 74.0 Å². The summed E-state index contributed by atoms with van der Waals surface area (Å²) in [6.07, 6.45) is 4.91. The second-order valence-electron chi connectivity index (χ2n) is 6.95. The first-order valence-corrected chi connectivity index (χ1v) is 11.8. The van der Waals surface area contributed by atoms with Gasteiger partial charge in [-0.1, -0.05) is 54.1 Å². The molecule has 0 aliphatic carbocycles. The molecule has 1 aliphatic rings. The fourth-order valence-electron chi connectivity index (χ4n) is 3.39. The lowest BCUT2D eigenvalue weighted by Crippen LogP contribution is -2.27. The van der Waals surface area contributed by atoms with E-state index in [1.165, 1.54) is 41.9 Å². The molecule has 26 heavy (non-hydrogen) atoms. The highest BCUT2D eigenvalue weighted by Gasteiger charge is 2.34. The van der Waals surface area contributed by atoms with Crippen LogP contribution in [0.4, 0.5) is 0 Å². The summed E-state index contributed by atoms with van der Waals surface area (Å²) in [6.45, 7) is 2.25. The first-order chi connectivity index (χ1) is 12.7. The van der Waals surface area contributed by atoms with Gasteiger partial charge >= 0.3 is 0 Å². The van der Waals surface area contributed by atoms with Crippen LogP contribution in [0.25, 0.3) is 0 Å². The van der Waals surface area contributed by atoms with E-state index in [0.29, 0.717) is 0 Å². The first-order valence-electron chi connectivity index (χ1n) is 9.44. The molecular formula is C22H28ClNS2. The van der Waals surface area contributed by atoms with Gasteiger partial charge in [0.25, 0.3) is 0 Å². The number of hydrogen-bond acceptors (Lipinski definition) is 3. The van der Waals surface area contributed by atoms with Crippen molar-refractivity contribution in [1.82, 2.24) is 4.90 Å². The molecule has 1 saturated heterocycles. The van der Waals surface area contributed by atoms with Crippen molar-refractivity contribution in [2.45, 2.75) is 29.8 Å². The van der Waals surface area contributed by atoms with Crippen LogP contribution >= 0.6 is 35.1 Å². The van der Waals surface area contributed by atoms with Gasteiger partial charge in [0.2, 0.25) is 0 Å². The Morgan fingerprint density at radius 1 is 0.962 bits per heavy atom. The Bertz CT molecular complexity index is 654. The van der Waals surface area contributed by atoms with Crippen LogP contribution in [0, 0.1) is 0 Å². The van der Waals surface area contributed by atoms with Crippen LogP contribution in [-0.2, 0) is 10.5 Å². The molecule has 1 fully saturated rings. The van der Waals surface area contributed by atoms with E-state index in [2.05, 4.69) is 77.9 Å². The number of rotatable bonds is 8. The molecule has 1 aliphatic heterocycles. The molecular weight excluding hydrogens is 378 g/mol. The molecule has 3 rings (SSSR count). The molecule has 0 radical (unpaired) electrons. The number of nitrogens with zero attached hydrogens (tertiary/aromatic N) is 1. The fraction of sp³-hybridized carbons (Fsp3) is 0.455. The monoisotopic (exact) mass is 405 g/mol. The van der Waals surface area contributed by atoms with Crippen LogP contribution in [0.3, 0.4) is 0 Å². The highest BCUT2D eigenvalue weighted by atomic mass is 35.5. The fourth-order valence-corrected chi connectivity index (χ4v) is 6.95. The number of benzene rings is 2. The maximum Gasteiger partial charge on any atom is 0.0860 e. The van der Waals surface area contributed by atoms with Gasteiger partial charge in [-0.15, -0.1) is 23.5 Å². The minimum Gasteiger partial charge on any atom is -0.306 e. The molecule has 0 unspecified atom stereocenters. The molecule has 4 heteroatoms. The van der Waals surface area contributed by atoms with Crippen molar-refractivity contribution in [3.63, 3.8) is 0 Å². The van der Waals surface area contributed by atoms with Gasteiger partial charge in [0.05, 0.1) is 4.08 Å². The summed E-state index contributed by atoms with van der Waals surface area (Å²) in [4.78, 5) is 2.46. The van der Waals surface area contributed by atoms with Crippen molar-refractivity contribution in [1.29, 1.82) is 0 Å². The van der Waals surface area contributed by atoms with Gasteiger partial charge in [-0.2, -0.15) is 0 Å². The lowest BCUT2D eigenvalue weighted by molar-refractivity contribution is 0.328. The predicted octanol–water partition coefficient (Wildman–Crippen LogP) is 6.32. The number of hydrogen-bond donors (Lipinski definition) is 0. The van der Waals surface area contributed by atoms with Crippen molar-refractivity contribution >= 4 is 35.1 Å². The van der Waals surface area contributed by atoms with E-state index in [0.717, 1.165) is 24.5 Å². The van der Waals surface area contributed by atoms with Crippen LogP contribution in [0.2, 0.25) is 5.02 Å². The van der Waals surface area contributed by atoms with Gasteiger partial charge in [0.15, 0.2) is 0 Å². The van der Waals surface area contributed by atoms with Crippen molar-refractivity contribution in [2.75, 3.05) is 31.6 Å².